The highest BCUT2D eigenvalue weighted by Gasteiger charge is 2.40. The van der Waals surface area contributed by atoms with E-state index in [1.807, 2.05) is 5.38 Å². The maximum atomic E-state index is 12.1. The lowest BCUT2D eigenvalue weighted by atomic mass is 9.73. The van der Waals surface area contributed by atoms with Crippen molar-refractivity contribution in [3.63, 3.8) is 0 Å². The Morgan fingerprint density at radius 2 is 2.04 bits per heavy atom. The summed E-state index contributed by atoms with van der Waals surface area (Å²) in [4.78, 5) is 24.0. The zero-order valence-electron chi connectivity index (χ0n) is 12.7. The van der Waals surface area contributed by atoms with Crippen LogP contribution in [0.3, 0.4) is 0 Å². The molecule has 3 fully saturated rings. The van der Waals surface area contributed by atoms with E-state index >= 15 is 0 Å². The number of nitrogens with zero attached hydrogens (tertiary/aromatic N) is 3. The minimum Gasteiger partial charge on any atom is -0.449 e. The summed E-state index contributed by atoms with van der Waals surface area (Å²) in [5, 5.41) is 5.54. The van der Waals surface area contributed by atoms with Gasteiger partial charge >= 0.3 is 6.09 Å². The third kappa shape index (κ3) is 3.11. The van der Waals surface area contributed by atoms with Crippen LogP contribution in [0.25, 0.3) is 9.88 Å². The van der Waals surface area contributed by atoms with Gasteiger partial charge in [-0.3, -0.25) is 5.32 Å². The van der Waals surface area contributed by atoms with Crippen molar-refractivity contribution in [2.75, 3.05) is 31.6 Å². The first-order valence-corrected chi connectivity index (χ1v) is 9.50. The average Bonchev–Trinajstić information content (AvgIpc) is 3.26. The highest BCUT2D eigenvalue weighted by molar-refractivity contribution is 7.20. The van der Waals surface area contributed by atoms with Gasteiger partial charge in [0.1, 0.15) is 9.88 Å². The number of carbonyl (C=O) groups excluding carboxylic acids is 1. The van der Waals surface area contributed by atoms with Crippen molar-refractivity contribution in [3.8, 4) is 9.88 Å². The molecule has 0 atom stereocenters. The minimum atomic E-state index is -0.420. The summed E-state index contributed by atoms with van der Waals surface area (Å²) >= 11 is 3.00. The smallest absolute Gasteiger partial charge is 0.412 e. The van der Waals surface area contributed by atoms with Crippen molar-refractivity contribution < 1.29 is 9.53 Å². The van der Waals surface area contributed by atoms with E-state index in [1.165, 1.54) is 22.7 Å². The third-order valence-electron chi connectivity index (χ3n) is 4.80. The van der Waals surface area contributed by atoms with Gasteiger partial charge in [-0.05, 0) is 38.9 Å². The number of anilines is 1. The van der Waals surface area contributed by atoms with Crippen LogP contribution < -0.4 is 5.32 Å². The third-order valence-corrected chi connectivity index (χ3v) is 6.55. The highest BCUT2D eigenvalue weighted by Crippen LogP contribution is 2.40. The van der Waals surface area contributed by atoms with E-state index in [0.717, 1.165) is 48.8 Å². The number of hydrogen-bond acceptors (Lipinski definition) is 7. The number of nitrogens with one attached hydrogen (secondary N) is 1. The Morgan fingerprint density at radius 3 is 2.74 bits per heavy atom. The van der Waals surface area contributed by atoms with E-state index < -0.39 is 6.09 Å². The van der Waals surface area contributed by atoms with Gasteiger partial charge in [0.05, 0.1) is 12.1 Å². The minimum absolute atomic E-state index is 0.187. The number of fused-ring (bicyclic) bond motifs is 3. The van der Waals surface area contributed by atoms with Crippen molar-refractivity contribution in [3.05, 3.63) is 17.1 Å². The quantitative estimate of drug-likeness (QED) is 0.916. The topological polar surface area (TPSA) is 67.3 Å². The molecule has 3 saturated heterocycles. The molecule has 0 saturated carbocycles. The van der Waals surface area contributed by atoms with E-state index in [4.69, 9.17) is 4.74 Å². The van der Waals surface area contributed by atoms with Crippen LogP contribution in [0, 0.1) is 5.41 Å². The SMILES string of the molecule is O=C(Nc1ncsc1-c1nccs1)OCC12CCN(CC1)CC2. The molecule has 5 rings (SSSR count). The molecule has 122 valence electrons. The zero-order valence-corrected chi connectivity index (χ0v) is 14.3. The number of hydrogen-bond donors (Lipinski definition) is 1. The number of carbonyl (C=O) groups is 1. The van der Waals surface area contributed by atoms with Crippen molar-refractivity contribution in [2.45, 2.75) is 19.3 Å². The fourth-order valence-electron chi connectivity index (χ4n) is 3.29. The molecule has 1 amide bonds. The van der Waals surface area contributed by atoms with Gasteiger partial charge in [-0.1, -0.05) is 0 Å². The largest absolute Gasteiger partial charge is 0.449 e. The molecule has 0 unspecified atom stereocenters. The van der Waals surface area contributed by atoms with Crippen LogP contribution in [0.15, 0.2) is 17.1 Å². The van der Waals surface area contributed by atoms with Crippen LogP contribution >= 0.6 is 22.7 Å². The lowest BCUT2D eigenvalue weighted by Crippen LogP contribution is -2.50. The summed E-state index contributed by atoms with van der Waals surface area (Å²) in [6.45, 7) is 3.89. The normalized spacial score (nSPS) is 26.2. The molecule has 8 heteroatoms. The fourth-order valence-corrected chi connectivity index (χ4v) is 4.78. The number of rotatable bonds is 4. The lowest BCUT2D eigenvalue weighted by molar-refractivity contribution is -0.0190. The predicted octanol–water partition coefficient (Wildman–Crippen LogP) is 3.30. The Morgan fingerprint density at radius 1 is 1.26 bits per heavy atom. The van der Waals surface area contributed by atoms with Crippen molar-refractivity contribution >= 4 is 34.6 Å². The van der Waals surface area contributed by atoms with Crippen molar-refractivity contribution in [1.82, 2.24) is 14.9 Å². The Labute approximate surface area is 142 Å². The van der Waals surface area contributed by atoms with E-state index in [1.54, 1.807) is 11.7 Å². The Balaban J connectivity index is 1.37. The van der Waals surface area contributed by atoms with Crippen molar-refractivity contribution in [1.29, 1.82) is 0 Å². The van der Waals surface area contributed by atoms with Gasteiger partial charge in [0.25, 0.3) is 0 Å². The number of thiazole rings is 2. The molecular formula is C15H18N4O2S2. The second-order valence-corrected chi connectivity index (χ2v) is 7.91. The van der Waals surface area contributed by atoms with Gasteiger partial charge in [0, 0.05) is 17.0 Å². The summed E-state index contributed by atoms with van der Waals surface area (Å²) in [5.74, 6) is 0.533. The van der Waals surface area contributed by atoms with Gasteiger partial charge in [-0.15, -0.1) is 22.7 Å². The molecule has 6 nitrogen and oxygen atoms in total. The number of aromatic nitrogens is 2. The van der Waals surface area contributed by atoms with Crippen LogP contribution in [-0.2, 0) is 4.74 Å². The van der Waals surface area contributed by atoms with Gasteiger partial charge in [0.15, 0.2) is 5.82 Å². The highest BCUT2D eigenvalue weighted by atomic mass is 32.1. The van der Waals surface area contributed by atoms with E-state index in [0.29, 0.717) is 12.4 Å². The van der Waals surface area contributed by atoms with Crippen LogP contribution in [-0.4, -0.2) is 47.2 Å². The number of amides is 1. The van der Waals surface area contributed by atoms with Gasteiger partial charge in [-0.2, -0.15) is 0 Å². The van der Waals surface area contributed by atoms with E-state index in [-0.39, 0.29) is 5.41 Å². The number of ether oxygens (including phenoxy) is 1. The van der Waals surface area contributed by atoms with E-state index in [9.17, 15) is 4.79 Å². The second-order valence-electron chi connectivity index (χ2n) is 6.16. The molecule has 2 aromatic heterocycles. The maximum absolute atomic E-state index is 12.1. The Bertz CT molecular complexity index is 664. The fraction of sp³-hybridized carbons (Fsp3) is 0.533. The number of piperidine rings is 3. The Kier molecular flexibility index (Phi) is 4.04. The molecule has 5 heterocycles. The molecule has 0 aromatic carbocycles. The van der Waals surface area contributed by atoms with Crippen LogP contribution in [0.2, 0.25) is 0 Å². The van der Waals surface area contributed by atoms with Crippen LogP contribution in [0.5, 0.6) is 0 Å². The average molecular weight is 350 g/mol. The van der Waals surface area contributed by atoms with Crippen LogP contribution in [0.1, 0.15) is 19.3 Å². The van der Waals surface area contributed by atoms with Crippen LogP contribution in [0.4, 0.5) is 10.6 Å². The molecule has 2 bridgehead atoms. The molecule has 23 heavy (non-hydrogen) atoms. The summed E-state index contributed by atoms with van der Waals surface area (Å²) in [6, 6.07) is 0. The first kappa shape index (κ1) is 15.0. The van der Waals surface area contributed by atoms with Crippen molar-refractivity contribution in [2.24, 2.45) is 5.41 Å². The molecule has 0 aliphatic carbocycles. The molecule has 2 aromatic rings. The molecule has 3 aliphatic rings. The molecule has 3 aliphatic heterocycles. The molecule has 1 N–H and O–H groups in total. The Hall–Kier alpha value is -1.51. The molecule has 0 spiro atoms. The zero-order chi connectivity index (χ0) is 15.7. The summed E-state index contributed by atoms with van der Waals surface area (Å²) in [6.07, 6.45) is 4.71. The summed E-state index contributed by atoms with van der Waals surface area (Å²) in [7, 11) is 0. The lowest BCUT2D eigenvalue weighted by Gasteiger charge is -2.47. The first-order chi connectivity index (χ1) is 11.2. The summed E-state index contributed by atoms with van der Waals surface area (Å²) in [5.41, 5.74) is 1.90. The standard InChI is InChI=1S/C15H18N4O2S2/c20-14(21-9-15-1-5-19(6-2-15)7-3-15)18-12-11(23-10-17-12)13-16-4-8-22-13/h4,8,10H,1-3,5-7,9H2,(H,18,20). The van der Waals surface area contributed by atoms with E-state index in [2.05, 4.69) is 20.2 Å². The summed E-state index contributed by atoms with van der Waals surface area (Å²) < 4.78 is 5.53. The maximum Gasteiger partial charge on any atom is 0.412 e. The molecular weight excluding hydrogens is 332 g/mol. The second kappa shape index (κ2) is 6.18. The first-order valence-electron chi connectivity index (χ1n) is 7.74. The van der Waals surface area contributed by atoms with Gasteiger partial charge < -0.3 is 9.64 Å². The molecule has 0 radical (unpaired) electrons. The van der Waals surface area contributed by atoms with Gasteiger partial charge in [-0.25, -0.2) is 14.8 Å². The predicted molar refractivity (Wildman–Crippen MR) is 90.9 cm³/mol. The monoisotopic (exact) mass is 350 g/mol. The van der Waals surface area contributed by atoms with Gasteiger partial charge in [0.2, 0.25) is 0 Å².